The molecule has 3 heterocycles. The molecule has 2 aliphatic rings. The Kier molecular flexibility index (Phi) is 6.58. The number of fused-ring (bicyclic) bond motifs is 1. The van der Waals surface area contributed by atoms with Gasteiger partial charge in [-0.15, -0.1) is 0 Å². The number of benzene rings is 1. The number of para-hydroxylation sites is 2. The number of hydrogen-bond donors (Lipinski definition) is 0. The van der Waals surface area contributed by atoms with Crippen molar-refractivity contribution in [3.8, 4) is 0 Å². The SMILES string of the molecule is CN(C)CCN(C)C(=O)[C@@H]1CCCN(C2CCN(c3nc4ccccc4o3)CC2)C1. The van der Waals surface area contributed by atoms with E-state index in [0.717, 1.165) is 82.1 Å². The minimum atomic E-state index is 0.140. The fourth-order valence-corrected chi connectivity index (χ4v) is 4.73. The molecular formula is C23H35N5O2. The lowest BCUT2D eigenvalue weighted by Gasteiger charge is -2.42. The number of rotatable bonds is 6. The second kappa shape index (κ2) is 9.35. The quantitative estimate of drug-likeness (QED) is 0.725. The summed E-state index contributed by atoms with van der Waals surface area (Å²) in [5, 5.41) is 0. The van der Waals surface area contributed by atoms with Crippen LogP contribution in [0.15, 0.2) is 28.7 Å². The van der Waals surface area contributed by atoms with Crippen LogP contribution in [0.5, 0.6) is 0 Å². The maximum atomic E-state index is 12.9. The fourth-order valence-electron chi connectivity index (χ4n) is 4.73. The zero-order chi connectivity index (χ0) is 21.1. The standard InChI is InChI=1S/C23H35N5O2/c1-25(2)15-16-26(3)22(29)18-7-6-12-28(17-18)19-10-13-27(14-11-19)23-24-20-8-4-5-9-21(20)30-23/h4-5,8-9,18-19H,6-7,10-17H2,1-3H3/t18-/m1/s1. The highest BCUT2D eigenvalue weighted by atomic mass is 16.4. The molecule has 1 aromatic carbocycles. The van der Waals surface area contributed by atoms with E-state index in [-0.39, 0.29) is 5.92 Å². The second-order valence-corrected chi connectivity index (χ2v) is 9.08. The van der Waals surface area contributed by atoms with Gasteiger partial charge in [0.05, 0.1) is 5.92 Å². The first-order valence-electron chi connectivity index (χ1n) is 11.3. The van der Waals surface area contributed by atoms with Crippen LogP contribution in [-0.2, 0) is 4.79 Å². The van der Waals surface area contributed by atoms with Crippen LogP contribution in [0, 0.1) is 5.92 Å². The van der Waals surface area contributed by atoms with E-state index in [1.807, 2.05) is 50.3 Å². The van der Waals surface area contributed by atoms with Crippen LogP contribution in [0.2, 0.25) is 0 Å². The second-order valence-electron chi connectivity index (χ2n) is 9.08. The van der Waals surface area contributed by atoms with Crippen LogP contribution < -0.4 is 4.90 Å². The van der Waals surface area contributed by atoms with Gasteiger partial charge < -0.3 is 19.1 Å². The van der Waals surface area contributed by atoms with Crippen molar-refractivity contribution in [3.63, 3.8) is 0 Å². The molecule has 30 heavy (non-hydrogen) atoms. The van der Waals surface area contributed by atoms with Gasteiger partial charge in [0.1, 0.15) is 5.52 Å². The van der Waals surface area contributed by atoms with Crippen LogP contribution in [0.4, 0.5) is 6.01 Å². The van der Waals surface area contributed by atoms with E-state index in [2.05, 4.69) is 19.7 Å². The summed E-state index contributed by atoms with van der Waals surface area (Å²) in [6.07, 6.45) is 4.32. The third-order valence-corrected chi connectivity index (χ3v) is 6.59. The Bertz CT molecular complexity index is 810. The number of oxazole rings is 1. The van der Waals surface area contributed by atoms with E-state index in [4.69, 9.17) is 4.42 Å². The molecule has 7 nitrogen and oxygen atoms in total. The van der Waals surface area contributed by atoms with Crippen LogP contribution in [0.3, 0.4) is 0 Å². The molecule has 0 unspecified atom stereocenters. The van der Waals surface area contributed by atoms with Gasteiger partial charge in [-0.05, 0) is 58.5 Å². The first kappa shape index (κ1) is 21.1. The molecule has 2 saturated heterocycles. The number of likely N-dealkylation sites (N-methyl/N-ethyl adjacent to an activating group) is 2. The highest BCUT2D eigenvalue weighted by molar-refractivity contribution is 5.79. The van der Waals surface area contributed by atoms with E-state index >= 15 is 0 Å². The molecule has 0 saturated carbocycles. The molecule has 0 N–H and O–H groups in total. The van der Waals surface area contributed by atoms with Gasteiger partial charge in [0.25, 0.3) is 6.01 Å². The Labute approximate surface area is 179 Å². The molecule has 0 spiro atoms. The molecule has 1 atom stereocenters. The number of carbonyl (C=O) groups is 1. The van der Waals surface area contributed by atoms with Gasteiger partial charge in [-0.25, -0.2) is 0 Å². The lowest BCUT2D eigenvalue weighted by molar-refractivity contribution is -0.136. The summed E-state index contributed by atoms with van der Waals surface area (Å²) < 4.78 is 5.95. The Morgan fingerprint density at radius 3 is 2.60 bits per heavy atom. The summed E-state index contributed by atoms with van der Waals surface area (Å²) >= 11 is 0. The third kappa shape index (κ3) is 4.78. The average Bonchev–Trinajstić information content (AvgIpc) is 3.21. The van der Waals surface area contributed by atoms with Crippen molar-refractivity contribution >= 4 is 23.0 Å². The minimum absolute atomic E-state index is 0.140. The van der Waals surface area contributed by atoms with Gasteiger partial charge in [0.15, 0.2) is 5.58 Å². The number of hydrogen-bond acceptors (Lipinski definition) is 6. The molecule has 7 heteroatoms. The summed E-state index contributed by atoms with van der Waals surface area (Å²) in [6, 6.07) is 9.23. The van der Waals surface area contributed by atoms with E-state index in [9.17, 15) is 4.79 Å². The average molecular weight is 414 g/mol. The Morgan fingerprint density at radius 1 is 1.10 bits per heavy atom. The lowest BCUT2D eigenvalue weighted by atomic mass is 9.93. The first-order valence-corrected chi connectivity index (χ1v) is 11.3. The molecule has 2 fully saturated rings. The molecule has 2 aromatic rings. The maximum absolute atomic E-state index is 12.9. The normalized spacial score (nSPS) is 21.5. The number of nitrogens with zero attached hydrogens (tertiary/aromatic N) is 5. The molecule has 2 aliphatic heterocycles. The summed E-state index contributed by atoms with van der Waals surface area (Å²) in [5.41, 5.74) is 1.77. The van der Waals surface area contributed by atoms with Gasteiger partial charge in [0, 0.05) is 45.8 Å². The fraction of sp³-hybridized carbons (Fsp3) is 0.652. The summed E-state index contributed by atoms with van der Waals surface area (Å²) in [4.78, 5) is 26.4. The molecular weight excluding hydrogens is 378 g/mol. The Morgan fingerprint density at radius 2 is 1.87 bits per heavy atom. The van der Waals surface area contributed by atoms with Crippen molar-refractivity contribution in [1.29, 1.82) is 0 Å². The zero-order valence-corrected chi connectivity index (χ0v) is 18.6. The van der Waals surface area contributed by atoms with Crippen molar-refractivity contribution < 1.29 is 9.21 Å². The van der Waals surface area contributed by atoms with Gasteiger partial charge in [-0.3, -0.25) is 9.69 Å². The third-order valence-electron chi connectivity index (χ3n) is 6.59. The van der Waals surface area contributed by atoms with Crippen molar-refractivity contribution in [3.05, 3.63) is 24.3 Å². The Balaban J connectivity index is 1.30. The summed E-state index contributed by atoms with van der Waals surface area (Å²) in [7, 11) is 6.05. The zero-order valence-electron chi connectivity index (χ0n) is 18.6. The lowest BCUT2D eigenvalue weighted by Crippen LogP contribution is -2.51. The number of aromatic nitrogens is 1. The van der Waals surface area contributed by atoms with E-state index in [1.54, 1.807) is 0 Å². The summed E-state index contributed by atoms with van der Waals surface area (Å²) in [6.45, 7) is 5.63. The van der Waals surface area contributed by atoms with Crippen LogP contribution in [0.1, 0.15) is 25.7 Å². The molecule has 0 bridgehead atoms. The van der Waals surface area contributed by atoms with Crippen LogP contribution in [0.25, 0.3) is 11.1 Å². The number of amides is 1. The number of carbonyl (C=O) groups excluding carboxylic acids is 1. The van der Waals surface area contributed by atoms with Crippen molar-refractivity contribution in [2.45, 2.75) is 31.7 Å². The van der Waals surface area contributed by atoms with E-state index in [0.29, 0.717) is 11.9 Å². The largest absolute Gasteiger partial charge is 0.423 e. The maximum Gasteiger partial charge on any atom is 0.298 e. The van der Waals surface area contributed by atoms with Gasteiger partial charge in [-0.1, -0.05) is 12.1 Å². The van der Waals surface area contributed by atoms with Gasteiger partial charge in [0.2, 0.25) is 5.91 Å². The Hall–Kier alpha value is -2.12. The van der Waals surface area contributed by atoms with Crippen molar-refractivity contribution in [2.75, 3.05) is 65.3 Å². The molecule has 4 rings (SSSR count). The predicted octanol–water partition coefficient (Wildman–Crippen LogP) is 2.53. The highest BCUT2D eigenvalue weighted by Gasteiger charge is 2.33. The van der Waals surface area contributed by atoms with Crippen LogP contribution >= 0.6 is 0 Å². The molecule has 0 aliphatic carbocycles. The van der Waals surface area contributed by atoms with E-state index in [1.165, 1.54) is 0 Å². The van der Waals surface area contributed by atoms with Gasteiger partial charge in [-0.2, -0.15) is 4.98 Å². The summed E-state index contributed by atoms with van der Waals surface area (Å²) in [5.74, 6) is 0.450. The number of anilines is 1. The molecule has 1 aromatic heterocycles. The number of likely N-dealkylation sites (tertiary alicyclic amines) is 1. The molecule has 1 amide bonds. The van der Waals surface area contributed by atoms with Crippen molar-refractivity contribution in [1.82, 2.24) is 19.7 Å². The van der Waals surface area contributed by atoms with Crippen LogP contribution in [-0.4, -0.2) is 92.0 Å². The molecule has 0 radical (unpaired) electrons. The molecule has 164 valence electrons. The monoisotopic (exact) mass is 413 g/mol. The smallest absolute Gasteiger partial charge is 0.298 e. The van der Waals surface area contributed by atoms with Crippen molar-refractivity contribution in [2.24, 2.45) is 5.92 Å². The number of piperidine rings is 2. The topological polar surface area (TPSA) is 56.1 Å². The highest BCUT2D eigenvalue weighted by Crippen LogP contribution is 2.28. The van der Waals surface area contributed by atoms with E-state index < -0.39 is 0 Å². The minimum Gasteiger partial charge on any atom is -0.423 e. The predicted molar refractivity (Wildman–Crippen MR) is 120 cm³/mol. The van der Waals surface area contributed by atoms with Gasteiger partial charge >= 0.3 is 0 Å². The first-order chi connectivity index (χ1) is 14.5.